The highest BCUT2D eigenvalue weighted by molar-refractivity contribution is 7.15. The van der Waals surface area contributed by atoms with Gasteiger partial charge in [0.05, 0.1) is 11.6 Å². The van der Waals surface area contributed by atoms with Crippen molar-refractivity contribution in [2.45, 2.75) is 45.8 Å². The van der Waals surface area contributed by atoms with Crippen LogP contribution in [0.2, 0.25) is 0 Å². The van der Waals surface area contributed by atoms with Crippen LogP contribution >= 0.6 is 11.3 Å². The Hall–Kier alpha value is -4.56. The Morgan fingerprint density at radius 2 is 1.69 bits per heavy atom. The molecule has 0 radical (unpaired) electrons. The highest BCUT2D eigenvalue weighted by atomic mass is 32.1. The first kappa shape index (κ1) is 31.9. The zero-order valence-electron chi connectivity index (χ0n) is 26.3. The molecule has 1 atom stereocenters. The van der Waals surface area contributed by atoms with Crippen molar-refractivity contribution in [1.29, 1.82) is 5.26 Å². The van der Waals surface area contributed by atoms with Crippen molar-refractivity contribution in [3.63, 3.8) is 0 Å². The molecule has 0 unspecified atom stereocenters. The number of anilines is 2. The van der Waals surface area contributed by atoms with E-state index >= 15 is 0 Å². The molecule has 0 aliphatic rings. The molecule has 3 N–H and O–H groups in total. The van der Waals surface area contributed by atoms with Gasteiger partial charge in [-0.25, -0.2) is 9.97 Å². The topological polar surface area (TPSA) is 116 Å². The molecule has 9 nitrogen and oxygen atoms in total. The molecule has 232 valence electrons. The zero-order chi connectivity index (χ0) is 31.9. The second kappa shape index (κ2) is 14.5. The van der Waals surface area contributed by atoms with Crippen LogP contribution in [0.4, 0.5) is 11.6 Å². The van der Waals surface area contributed by atoms with E-state index in [0.29, 0.717) is 11.4 Å². The van der Waals surface area contributed by atoms with E-state index in [1.165, 1.54) is 23.2 Å². The number of hydrogen-bond acceptors (Lipinski definition) is 9. The molecule has 0 saturated carbocycles. The molecular formula is C35H40N8OS. The Kier molecular flexibility index (Phi) is 10.2. The number of nitrogens with two attached hydrogens (primary N) is 1. The van der Waals surface area contributed by atoms with Crippen molar-refractivity contribution < 1.29 is 0 Å². The normalized spacial score (nSPS) is 12.1. The number of rotatable bonds is 13. The molecule has 0 saturated heterocycles. The summed E-state index contributed by atoms with van der Waals surface area (Å²) in [6.07, 6.45) is 3.57. The number of nitriles is 1. The lowest BCUT2D eigenvalue weighted by atomic mass is 9.95. The number of thiazole rings is 1. The number of unbranched alkanes of at least 4 members (excludes halogenated alkanes) is 1. The van der Waals surface area contributed by atoms with E-state index in [9.17, 15) is 10.1 Å². The number of aryl methyl sites for hydroxylation is 1. The molecule has 0 aliphatic carbocycles. The van der Waals surface area contributed by atoms with Crippen LogP contribution in [0.25, 0.3) is 16.0 Å². The molecule has 0 amide bonds. The van der Waals surface area contributed by atoms with Crippen LogP contribution in [0.15, 0.2) is 77.2 Å². The van der Waals surface area contributed by atoms with Gasteiger partial charge in [-0.05, 0) is 88.3 Å². The molecular weight excluding hydrogens is 581 g/mol. The van der Waals surface area contributed by atoms with Gasteiger partial charge in [-0.3, -0.25) is 9.20 Å². The largest absolute Gasteiger partial charge is 0.382 e. The average molecular weight is 621 g/mol. The average Bonchev–Trinajstić information content (AvgIpc) is 3.40. The first-order valence-corrected chi connectivity index (χ1v) is 16.0. The van der Waals surface area contributed by atoms with Crippen LogP contribution in [0, 0.1) is 18.3 Å². The summed E-state index contributed by atoms with van der Waals surface area (Å²) in [4.78, 5) is 27.8. The maximum absolute atomic E-state index is 14.1. The predicted octanol–water partition coefficient (Wildman–Crippen LogP) is 6.10. The van der Waals surface area contributed by atoms with Gasteiger partial charge in [-0.2, -0.15) is 5.26 Å². The maximum Gasteiger partial charge on any atom is 0.264 e. The van der Waals surface area contributed by atoms with Crippen LogP contribution in [0.1, 0.15) is 53.8 Å². The Morgan fingerprint density at radius 1 is 1.00 bits per heavy atom. The van der Waals surface area contributed by atoms with Crippen molar-refractivity contribution in [3.05, 3.63) is 111 Å². The fourth-order valence-electron chi connectivity index (χ4n) is 5.71. The predicted molar refractivity (Wildman–Crippen MR) is 183 cm³/mol. The molecule has 0 bridgehead atoms. The van der Waals surface area contributed by atoms with Gasteiger partial charge in [0.1, 0.15) is 34.4 Å². The van der Waals surface area contributed by atoms with E-state index in [1.807, 2.05) is 31.4 Å². The SMILES string of the molecule is Cc1csc2cc([C@H](C)Nc3ncnc(N)c3C#N)c(-c3cccc(CN(C)CCCCN(C)Cc4ccccc4)c3)c(=O)n12. The van der Waals surface area contributed by atoms with Crippen molar-refractivity contribution >= 4 is 27.8 Å². The van der Waals surface area contributed by atoms with E-state index < -0.39 is 0 Å². The van der Waals surface area contributed by atoms with Gasteiger partial charge >= 0.3 is 0 Å². The summed E-state index contributed by atoms with van der Waals surface area (Å²) in [6.45, 7) is 7.69. The van der Waals surface area contributed by atoms with Crippen molar-refractivity contribution in [3.8, 4) is 17.2 Å². The summed E-state index contributed by atoms with van der Waals surface area (Å²) in [7, 11) is 4.32. The molecule has 0 aliphatic heterocycles. The first-order chi connectivity index (χ1) is 21.7. The standard InChI is InChI=1S/C35H40N8OS/c1-24-22-45-31-18-29(25(2)40-34-30(19-36)33(37)38-23-39-34)32(35(44)43(24)31)28-14-10-13-27(17-28)21-42(4)16-9-8-15-41(3)20-26-11-6-5-7-12-26/h5-7,10-14,17-18,22-23,25H,8-9,15-16,20-21H2,1-4H3,(H3,37,38,39,40)/t25-/m0/s1. The summed E-state index contributed by atoms with van der Waals surface area (Å²) in [5, 5.41) is 15.0. The molecule has 3 heterocycles. The van der Waals surface area contributed by atoms with E-state index in [-0.39, 0.29) is 23.0 Å². The van der Waals surface area contributed by atoms with Crippen molar-refractivity contribution in [1.82, 2.24) is 24.2 Å². The van der Waals surface area contributed by atoms with Crippen LogP contribution < -0.4 is 16.6 Å². The molecule has 45 heavy (non-hydrogen) atoms. The number of nitrogen functional groups attached to an aromatic ring is 1. The minimum absolute atomic E-state index is 0.0669. The summed E-state index contributed by atoms with van der Waals surface area (Å²) < 4.78 is 1.77. The quantitative estimate of drug-likeness (QED) is 0.152. The molecule has 5 rings (SSSR count). The smallest absolute Gasteiger partial charge is 0.264 e. The monoisotopic (exact) mass is 620 g/mol. The lowest BCUT2D eigenvalue weighted by Crippen LogP contribution is -2.23. The number of pyridine rings is 1. The van der Waals surface area contributed by atoms with Gasteiger partial charge in [0.25, 0.3) is 5.56 Å². The third-order valence-corrected chi connectivity index (χ3v) is 9.01. The highest BCUT2D eigenvalue weighted by Gasteiger charge is 2.21. The lowest BCUT2D eigenvalue weighted by Gasteiger charge is -2.21. The zero-order valence-corrected chi connectivity index (χ0v) is 27.1. The lowest BCUT2D eigenvalue weighted by molar-refractivity contribution is 0.285. The molecule has 10 heteroatoms. The Labute approximate surface area is 268 Å². The number of aromatic nitrogens is 3. The van der Waals surface area contributed by atoms with Crippen molar-refractivity contribution in [2.24, 2.45) is 0 Å². The van der Waals surface area contributed by atoms with Gasteiger partial charge in [-0.15, -0.1) is 11.3 Å². The van der Waals surface area contributed by atoms with E-state index in [0.717, 1.165) is 66.2 Å². The van der Waals surface area contributed by atoms with Crippen molar-refractivity contribution in [2.75, 3.05) is 38.2 Å². The molecule has 0 spiro atoms. The second-order valence-corrected chi connectivity index (χ2v) is 12.5. The number of nitrogens with zero attached hydrogens (tertiary/aromatic N) is 6. The molecule has 5 aromatic rings. The highest BCUT2D eigenvalue weighted by Crippen LogP contribution is 2.32. The summed E-state index contributed by atoms with van der Waals surface area (Å²) >= 11 is 1.53. The third-order valence-electron chi connectivity index (χ3n) is 8.01. The van der Waals surface area contributed by atoms with Crippen LogP contribution in [-0.4, -0.2) is 51.4 Å². The van der Waals surface area contributed by atoms with Gasteiger partial charge in [0, 0.05) is 24.2 Å². The van der Waals surface area contributed by atoms with E-state index in [2.05, 4.69) is 93.8 Å². The number of nitrogens with one attached hydrogen (secondary N) is 1. The number of fused-ring (bicyclic) bond motifs is 1. The second-order valence-electron chi connectivity index (χ2n) is 11.7. The van der Waals surface area contributed by atoms with Crippen LogP contribution in [0.3, 0.4) is 0 Å². The minimum atomic E-state index is -0.340. The minimum Gasteiger partial charge on any atom is -0.382 e. The third kappa shape index (κ3) is 7.57. The summed E-state index contributed by atoms with van der Waals surface area (Å²) in [5.74, 6) is 0.454. The van der Waals surface area contributed by atoms with E-state index in [1.54, 1.807) is 4.40 Å². The number of benzene rings is 2. The Morgan fingerprint density at radius 3 is 2.40 bits per heavy atom. The van der Waals surface area contributed by atoms with Crippen LogP contribution in [-0.2, 0) is 13.1 Å². The fourth-order valence-corrected chi connectivity index (χ4v) is 6.64. The van der Waals surface area contributed by atoms with Gasteiger partial charge in [-0.1, -0.05) is 48.5 Å². The first-order valence-electron chi connectivity index (χ1n) is 15.2. The van der Waals surface area contributed by atoms with Gasteiger partial charge < -0.3 is 20.9 Å². The van der Waals surface area contributed by atoms with Crippen LogP contribution in [0.5, 0.6) is 0 Å². The fraction of sp³-hybridized carbons (Fsp3) is 0.314. The molecule has 0 fully saturated rings. The molecule has 3 aromatic heterocycles. The Balaban J connectivity index is 1.32. The van der Waals surface area contributed by atoms with Gasteiger partial charge in [0.2, 0.25) is 0 Å². The summed E-state index contributed by atoms with van der Waals surface area (Å²) in [6, 6.07) is 22.6. The van der Waals surface area contributed by atoms with Gasteiger partial charge in [0.15, 0.2) is 0 Å². The Bertz CT molecular complexity index is 1860. The maximum atomic E-state index is 14.1. The summed E-state index contributed by atoms with van der Waals surface area (Å²) in [5.41, 5.74) is 11.7. The number of hydrogen-bond donors (Lipinski definition) is 2. The van der Waals surface area contributed by atoms with E-state index in [4.69, 9.17) is 5.73 Å². The molecule has 2 aromatic carbocycles.